The SMILES string of the molecule is COC(=O)/C=C1/S/C(=N\N=Cc2cc(Br)c(OCC(=O)NC3CCCCC3)c(OC)c2)NC1=O. The van der Waals surface area contributed by atoms with Gasteiger partial charge >= 0.3 is 5.97 Å². The second-order valence-electron chi connectivity index (χ2n) is 7.46. The molecular formula is C22H25BrN4O6S. The summed E-state index contributed by atoms with van der Waals surface area (Å²) in [7, 11) is 2.73. The van der Waals surface area contributed by atoms with Crippen molar-refractivity contribution in [1.82, 2.24) is 10.6 Å². The third-order valence-electron chi connectivity index (χ3n) is 5.03. The minimum absolute atomic E-state index is 0.120. The number of ether oxygens (including phenoxy) is 3. The quantitative estimate of drug-likeness (QED) is 0.219. The summed E-state index contributed by atoms with van der Waals surface area (Å²) >= 11 is 4.42. The van der Waals surface area contributed by atoms with Crippen LogP contribution in [0.5, 0.6) is 11.5 Å². The number of thioether (sulfide) groups is 1. The van der Waals surface area contributed by atoms with Gasteiger partial charge in [0.2, 0.25) is 0 Å². The first-order valence-electron chi connectivity index (χ1n) is 10.6. The lowest BCUT2D eigenvalue weighted by atomic mass is 9.95. The van der Waals surface area contributed by atoms with Gasteiger partial charge in [-0.1, -0.05) is 19.3 Å². The first-order chi connectivity index (χ1) is 16.4. The molecule has 34 heavy (non-hydrogen) atoms. The van der Waals surface area contributed by atoms with Crippen LogP contribution in [0.2, 0.25) is 0 Å². The van der Waals surface area contributed by atoms with Crippen LogP contribution in [0.25, 0.3) is 0 Å². The van der Waals surface area contributed by atoms with E-state index in [2.05, 4.69) is 41.5 Å². The third-order valence-corrected chi connectivity index (χ3v) is 6.52. The molecule has 0 spiro atoms. The molecule has 2 fully saturated rings. The van der Waals surface area contributed by atoms with Crippen LogP contribution in [0.1, 0.15) is 37.7 Å². The first kappa shape index (κ1) is 25.8. The van der Waals surface area contributed by atoms with E-state index in [4.69, 9.17) is 9.47 Å². The maximum Gasteiger partial charge on any atom is 0.331 e. The Labute approximate surface area is 209 Å². The summed E-state index contributed by atoms with van der Waals surface area (Å²) in [6, 6.07) is 3.64. The number of hydrogen-bond donors (Lipinski definition) is 2. The van der Waals surface area contributed by atoms with Crippen LogP contribution >= 0.6 is 27.7 Å². The Morgan fingerprint density at radius 1 is 1.26 bits per heavy atom. The van der Waals surface area contributed by atoms with Gasteiger partial charge in [0.05, 0.1) is 29.8 Å². The van der Waals surface area contributed by atoms with E-state index in [-0.39, 0.29) is 28.6 Å². The number of nitrogens with zero attached hydrogens (tertiary/aromatic N) is 2. The molecule has 1 heterocycles. The molecule has 1 aromatic carbocycles. The zero-order valence-corrected chi connectivity index (χ0v) is 21.2. The second-order valence-corrected chi connectivity index (χ2v) is 9.35. The maximum atomic E-state index is 12.3. The highest BCUT2D eigenvalue weighted by atomic mass is 79.9. The normalized spacial score (nSPS) is 18.9. The van der Waals surface area contributed by atoms with E-state index in [1.807, 2.05) is 0 Å². The number of benzene rings is 1. The van der Waals surface area contributed by atoms with Gasteiger partial charge in [0.1, 0.15) is 0 Å². The summed E-state index contributed by atoms with van der Waals surface area (Å²) in [5.74, 6) is -0.434. The topological polar surface area (TPSA) is 128 Å². The number of hydrogen-bond acceptors (Lipinski definition) is 9. The Balaban J connectivity index is 1.61. The van der Waals surface area contributed by atoms with Crippen LogP contribution in [-0.2, 0) is 19.1 Å². The third kappa shape index (κ3) is 7.32. The minimum atomic E-state index is -0.631. The molecule has 0 bridgehead atoms. The Bertz CT molecular complexity index is 1040. The van der Waals surface area contributed by atoms with Crippen molar-refractivity contribution in [2.24, 2.45) is 10.2 Å². The molecule has 10 nitrogen and oxygen atoms in total. The second kappa shape index (κ2) is 12.6. The van der Waals surface area contributed by atoms with E-state index in [9.17, 15) is 14.4 Å². The van der Waals surface area contributed by atoms with Crippen molar-refractivity contribution >= 4 is 56.9 Å². The van der Waals surface area contributed by atoms with E-state index in [1.165, 1.54) is 26.9 Å². The zero-order chi connectivity index (χ0) is 24.5. The van der Waals surface area contributed by atoms with Gasteiger partial charge in [-0.05, 0) is 58.2 Å². The lowest BCUT2D eigenvalue weighted by Crippen LogP contribution is -2.39. The van der Waals surface area contributed by atoms with Crippen LogP contribution in [0.4, 0.5) is 0 Å². The highest BCUT2D eigenvalue weighted by Crippen LogP contribution is 2.36. The molecule has 1 saturated heterocycles. The standard InChI is InChI=1S/C22H25BrN4O6S/c1-31-16-9-13(11-24-27-22-26-21(30)17(34-22)10-19(29)32-2)8-15(23)20(16)33-12-18(28)25-14-6-4-3-5-7-14/h8-11,14H,3-7,12H2,1-2H3,(H,25,28)(H,26,27,30)/b17-10+,24-11?. The highest BCUT2D eigenvalue weighted by molar-refractivity contribution is 9.10. The van der Waals surface area contributed by atoms with Crippen LogP contribution in [0.3, 0.4) is 0 Å². The van der Waals surface area contributed by atoms with Gasteiger partial charge in [0.25, 0.3) is 11.8 Å². The molecule has 0 atom stereocenters. The minimum Gasteiger partial charge on any atom is -0.493 e. The number of amidine groups is 1. The predicted octanol–water partition coefficient (Wildman–Crippen LogP) is 2.90. The molecule has 0 radical (unpaired) electrons. The van der Waals surface area contributed by atoms with Crippen LogP contribution in [0, 0.1) is 0 Å². The summed E-state index contributed by atoms with van der Waals surface area (Å²) in [4.78, 5) is 35.6. The zero-order valence-electron chi connectivity index (χ0n) is 18.8. The molecule has 182 valence electrons. The fourth-order valence-corrected chi connectivity index (χ4v) is 4.71. The van der Waals surface area contributed by atoms with E-state index in [0.717, 1.165) is 43.5 Å². The Morgan fingerprint density at radius 3 is 2.74 bits per heavy atom. The van der Waals surface area contributed by atoms with Crippen molar-refractivity contribution in [1.29, 1.82) is 0 Å². The van der Waals surface area contributed by atoms with Gasteiger partial charge in [-0.25, -0.2) is 4.79 Å². The predicted molar refractivity (Wildman–Crippen MR) is 132 cm³/mol. The van der Waals surface area contributed by atoms with E-state index in [0.29, 0.717) is 21.5 Å². The van der Waals surface area contributed by atoms with Crippen molar-refractivity contribution in [2.45, 2.75) is 38.1 Å². The van der Waals surface area contributed by atoms with E-state index < -0.39 is 11.9 Å². The molecule has 2 N–H and O–H groups in total. The van der Waals surface area contributed by atoms with Gasteiger partial charge < -0.3 is 19.5 Å². The van der Waals surface area contributed by atoms with E-state index in [1.54, 1.807) is 12.1 Å². The summed E-state index contributed by atoms with van der Waals surface area (Å²) in [6.45, 7) is -0.120. The fourth-order valence-electron chi connectivity index (χ4n) is 3.40. The fraction of sp³-hybridized carbons (Fsp3) is 0.409. The largest absolute Gasteiger partial charge is 0.493 e. The number of carbonyl (C=O) groups excluding carboxylic acids is 3. The van der Waals surface area contributed by atoms with Crippen molar-refractivity contribution in [3.63, 3.8) is 0 Å². The molecule has 0 aromatic heterocycles. The summed E-state index contributed by atoms with van der Waals surface area (Å²) in [5.41, 5.74) is 0.645. The molecule has 0 unspecified atom stereocenters. The lowest BCUT2D eigenvalue weighted by molar-refractivity contribution is -0.135. The van der Waals surface area contributed by atoms with Crippen LogP contribution < -0.4 is 20.1 Å². The number of methoxy groups -OCH3 is 2. The molecule has 1 aromatic rings. The number of carbonyl (C=O) groups is 3. The average molecular weight is 553 g/mol. The van der Waals surface area contributed by atoms with Crippen molar-refractivity contribution in [2.75, 3.05) is 20.8 Å². The smallest absolute Gasteiger partial charge is 0.331 e. The maximum absolute atomic E-state index is 12.3. The number of rotatable bonds is 8. The molecule has 1 aliphatic carbocycles. The molecule has 1 saturated carbocycles. The van der Waals surface area contributed by atoms with Gasteiger partial charge in [-0.2, -0.15) is 5.10 Å². The summed E-state index contributed by atoms with van der Waals surface area (Å²) in [5, 5.41) is 13.7. The molecule has 2 aliphatic rings. The number of esters is 1. The number of halogens is 1. The molecule has 2 amide bonds. The monoisotopic (exact) mass is 552 g/mol. The van der Waals surface area contributed by atoms with Gasteiger partial charge in [0, 0.05) is 12.1 Å². The van der Waals surface area contributed by atoms with Gasteiger partial charge in [-0.3, -0.25) is 14.9 Å². The Hall–Kier alpha value is -2.86. The van der Waals surface area contributed by atoms with Crippen molar-refractivity contribution < 1.29 is 28.6 Å². The van der Waals surface area contributed by atoms with Gasteiger partial charge in [-0.15, -0.1) is 5.10 Å². The van der Waals surface area contributed by atoms with E-state index >= 15 is 0 Å². The van der Waals surface area contributed by atoms with Crippen LogP contribution in [0.15, 0.2) is 37.8 Å². The van der Waals surface area contributed by atoms with Gasteiger partial charge in [0.15, 0.2) is 23.3 Å². The van der Waals surface area contributed by atoms with Crippen molar-refractivity contribution in [3.05, 3.63) is 33.2 Å². The Kier molecular flexibility index (Phi) is 9.52. The molecular weight excluding hydrogens is 528 g/mol. The lowest BCUT2D eigenvalue weighted by Gasteiger charge is -2.23. The Morgan fingerprint density at radius 2 is 2.03 bits per heavy atom. The highest BCUT2D eigenvalue weighted by Gasteiger charge is 2.25. The molecule has 3 rings (SSSR count). The number of nitrogens with one attached hydrogen (secondary N) is 2. The number of amides is 2. The molecule has 12 heteroatoms. The van der Waals surface area contributed by atoms with Crippen molar-refractivity contribution in [3.8, 4) is 11.5 Å². The summed E-state index contributed by atoms with van der Waals surface area (Å²) < 4.78 is 16.2. The summed E-state index contributed by atoms with van der Waals surface area (Å²) in [6.07, 6.45) is 8.05. The molecule has 1 aliphatic heterocycles. The van der Waals surface area contributed by atoms with Crippen LogP contribution in [-0.4, -0.2) is 56.0 Å². The first-order valence-corrected chi connectivity index (χ1v) is 12.2. The average Bonchev–Trinajstić information content (AvgIpc) is 3.17.